The summed E-state index contributed by atoms with van der Waals surface area (Å²) < 4.78 is 1.11. The Morgan fingerprint density at radius 1 is 1.50 bits per heavy atom. The van der Waals surface area contributed by atoms with Gasteiger partial charge in [0.05, 0.1) is 5.69 Å². The van der Waals surface area contributed by atoms with Crippen molar-refractivity contribution in [2.75, 3.05) is 5.73 Å². The molecule has 5 heteroatoms. The second-order valence-corrected chi connectivity index (χ2v) is 6.36. The van der Waals surface area contributed by atoms with Crippen molar-refractivity contribution in [3.8, 4) is 16.5 Å². The normalized spacial score (nSPS) is 10.3. The van der Waals surface area contributed by atoms with E-state index in [2.05, 4.69) is 28.7 Å². The van der Waals surface area contributed by atoms with Gasteiger partial charge in [-0.15, -0.1) is 11.3 Å². The number of nitrogens with zero attached hydrogens (tertiary/aromatic N) is 1. The van der Waals surface area contributed by atoms with Gasteiger partial charge in [0.25, 0.3) is 0 Å². The maximum Gasteiger partial charge on any atom is 0.128 e. The average molecular weight is 389 g/mol. The first-order valence-corrected chi connectivity index (χ1v) is 7.62. The third-order valence-electron chi connectivity index (χ3n) is 2.68. The number of benzene rings is 1. The highest BCUT2D eigenvalue weighted by Gasteiger charge is 2.17. The Labute approximate surface area is 129 Å². The molecule has 0 radical (unpaired) electrons. The third-order valence-corrected chi connectivity index (χ3v) is 5.04. The Hall–Kier alpha value is -0.770. The number of thiophene rings is 1. The van der Waals surface area contributed by atoms with E-state index in [1.54, 1.807) is 0 Å². The van der Waals surface area contributed by atoms with E-state index < -0.39 is 0 Å². The number of anilines is 1. The van der Waals surface area contributed by atoms with Gasteiger partial charge in [-0.3, -0.25) is 0 Å². The molecule has 0 amide bonds. The maximum atomic E-state index is 9.08. The molecule has 0 unspecified atom stereocenters. The molecular formula is C13H10ClIN2S. The molecule has 1 aromatic heterocycles. The largest absolute Gasteiger partial charge is 0.397 e. The van der Waals surface area contributed by atoms with Crippen molar-refractivity contribution in [2.45, 2.75) is 13.3 Å². The van der Waals surface area contributed by atoms with Gasteiger partial charge in [0.15, 0.2) is 0 Å². The van der Waals surface area contributed by atoms with Gasteiger partial charge in [0.2, 0.25) is 0 Å². The molecule has 0 aliphatic rings. The summed E-state index contributed by atoms with van der Waals surface area (Å²) in [6, 6.07) is 7.91. The Bertz CT molecular complexity index is 643. The highest BCUT2D eigenvalue weighted by atomic mass is 127. The molecule has 2 N–H and O–H groups in total. The van der Waals surface area contributed by atoms with E-state index in [4.69, 9.17) is 22.6 Å². The van der Waals surface area contributed by atoms with Crippen LogP contribution in [0.15, 0.2) is 18.2 Å². The molecule has 18 heavy (non-hydrogen) atoms. The summed E-state index contributed by atoms with van der Waals surface area (Å²) >= 11 is 9.76. The van der Waals surface area contributed by atoms with Crippen LogP contribution in [0.25, 0.3) is 10.4 Å². The molecule has 92 valence electrons. The zero-order chi connectivity index (χ0) is 13.3. The monoisotopic (exact) mass is 388 g/mol. The molecule has 0 saturated carbocycles. The van der Waals surface area contributed by atoms with Crippen molar-refractivity contribution >= 4 is 51.2 Å². The second-order valence-electron chi connectivity index (χ2n) is 3.74. The second kappa shape index (κ2) is 5.47. The zero-order valence-corrected chi connectivity index (χ0v) is 13.4. The SMILES string of the molecule is CCc1c(-c2cc(Cl)ccc2I)sc(C#N)c1N. The van der Waals surface area contributed by atoms with Crippen LogP contribution >= 0.6 is 45.5 Å². The minimum atomic E-state index is 0.581. The summed E-state index contributed by atoms with van der Waals surface area (Å²) in [4.78, 5) is 1.64. The van der Waals surface area contributed by atoms with Gasteiger partial charge >= 0.3 is 0 Å². The molecule has 1 heterocycles. The highest BCUT2D eigenvalue weighted by Crippen LogP contribution is 2.41. The Kier molecular flexibility index (Phi) is 4.15. The number of nitrogen functional groups attached to an aromatic ring is 1. The van der Waals surface area contributed by atoms with Crippen molar-refractivity contribution in [3.05, 3.63) is 37.2 Å². The van der Waals surface area contributed by atoms with E-state index in [9.17, 15) is 0 Å². The van der Waals surface area contributed by atoms with Crippen LogP contribution in [0.4, 0.5) is 5.69 Å². The van der Waals surface area contributed by atoms with E-state index in [0.717, 1.165) is 26.0 Å². The first-order valence-electron chi connectivity index (χ1n) is 5.35. The Morgan fingerprint density at radius 2 is 2.22 bits per heavy atom. The predicted molar refractivity (Wildman–Crippen MR) is 86.0 cm³/mol. The van der Waals surface area contributed by atoms with Crippen LogP contribution in [0.1, 0.15) is 17.4 Å². The average Bonchev–Trinajstić information content (AvgIpc) is 2.68. The van der Waals surface area contributed by atoms with Gasteiger partial charge in [0.1, 0.15) is 10.9 Å². The first-order chi connectivity index (χ1) is 8.58. The molecule has 1 aromatic carbocycles. The predicted octanol–water partition coefficient (Wildman–Crippen LogP) is 4.69. The van der Waals surface area contributed by atoms with E-state index in [1.165, 1.54) is 11.3 Å². The molecular weight excluding hydrogens is 379 g/mol. The lowest BCUT2D eigenvalue weighted by Gasteiger charge is -2.06. The van der Waals surface area contributed by atoms with Crippen molar-refractivity contribution in [1.82, 2.24) is 0 Å². The summed E-state index contributed by atoms with van der Waals surface area (Å²) in [7, 11) is 0. The highest BCUT2D eigenvalue weighted by molar-refractivity contribution is 14.1. The van der Waals surface area contributed by atoms with E-state index in [1.807, 2.05) is 25.1 Å². The molecule has 0 aliphatic carbocycles. The fourth-order valence-corrected chi connectivity index (χ4v) is 3.90. The smallest absolute Gasteiger partial charge is 0.128 e. The number of nitrogens with two attached hydrogens (primary N) is 1. The minimum Gasteiger partial charge on any atom is -0.397 e. The van der Waals surface area contributed by atoms with Crippen LogP contribution < -0.4 is 5.73 Å². The quantitative estimate of drug-likeness (QED) is 0.759. The number of hydrogen-bond donors (Lipinski definition) is 1. The van der Waals surface area contributed by atoms with Crippen LogP contribution in [0.2, 0.25) is 5.02 Å². The lowest BCUT2D eigenvalue weighted by Crippen LogP contribution is -1.92. The van der Waals surface area contributed by atoms with Crippen molar-refractivity contribution in [2.24, 2.45) is 0 Å². The zero-order valence-electron chi connectivity index (χ0n) is 9.63. The summed E-state index contributed by atoms with van der Waals surface area (Å²) in [6.07, 6.45) is 0.807. The molecule has 0 spiro atoms. The number of rotatable bonds is 2. The molecule has 0 bridgehead atoms. The molecule has 0 fully saturated rings. The number of hydrogen-bond acceptors (Lipinski definition) is 3. The van der Waals surface area contributed by atoms with Gasteiger partial charge in [-0.25, -0.2) is 0 Å². The van der Waals surface area contributed by atoms with Gasteiger partial charge in [0, 0.05) is 19.0 Å². The number of nitriles is 1. The molecule has 2 nitrogen and oxygen atoms in total. The third kappa shape index (κ3) is 2.35. The lowest BCUT2D eigenvalue weighted by molar-refractivity contribution is 1.16. The molecule has 0 aliphatic heterocycles. The van der Waals surface area contributed by atoms with Crippen LogP contribution in [-0.2, 0) is 6.42 Å². The van der Waals surface area contributed by atoms with E-state index >= 15 is 0 Å². The molecule has 0 saturated heterocycles. The van der Waals surface area contributed by atoms with Crippen LogP contribution in [-0.4, -0.2) is 0 Å². The maximum absolute atomic E-state index is 9.08. The molecule has 2 rings (SSSR count). The summed E-state index contributed by atoms with van der Waals surface area (Å²) in [6.45, 7) is 2.04. The Balaban J connectivity index is 2.71. The van der Waals surface area contributed by atoms with Gasteiger partial charge < -0.3 is 5.73 Å². The Morgan fingerprint density at radius 3 is 2.83 bits per heavy atom. The molecule has 2 aromatic rings. The van der Waals surface area contributed by atoms with Crippen LogP contribution in [0.5, 0.6) is 0 Å². The molecule has 0 atom stereocenters. The standard InChI is InChI=1S/C13H10ClIN2S/c1-2-8-12(17)11(6-16)18-13(8)9-5-7(14)3-4-10(9)15/h3-5H,2,17H2,1H3. The van der Waals surface area contributed by atoms with Crippen molar-refractivity contribution < 1.29 is 0 Å². The first kappa shape index (κ1) is 13.7. The lowest BCUT2D eigenvalue weighted by atomic mass is 10.1. The minimum absolute atomic E-state index is 0.581. The number of halogens is 2. The summed E-state index contributed by atoms with van der Waals surface area (Å²) in [5.41, 5.74) is 8.70. The van der Waals surface area contributed by atoms with E-state index in [-0.39, 0.29) is 0 Å². The van der Waals surface area contributed by atoms with Crippen molar-refractivity contribution in [3.63, 3.8) is 0 Å². The van der Waals surface area contributed by atoms with Gasteiger partial charge in [-0.05, 0) is 52.8 Å². The summed E-state index contributed by atoms with van der Waals surface area (Å²) in [5, 5.41) is 9.77. The fraction of sp³-hybridized carbons (Fsp3) is 0.154. The topological polar surface area (TPSA) is 49.8 Å². The van der Waals surface area contributed by atoms with Crippen LogP contribution in [0, 0.1) is 14.9 Å². The fourth-order valence-electron chi connectivity index (χ4n) is 1.80. The van der Waals surface area contributed by atoms with Gasteiger partial charge in [-0.1, -0.05) is 18.5 Å². The summed E-state index contributed by atoms with van der Waals surface area (Å²) in [5.74, 6) is 0. The van der Waals surface area contributed by atoms with Gasteiger partial charge in [-0.2, -0.15) is 5.26 Å². The van der Waals surface area contributed by atoms with Crippen molar-refractivity contribution in [1.29, 1.82) is 5.26 Å². The van der Waals surface area contributed by atoms with Crippen LogP contribution in [0.3, 0.4) is 0 Å². The van der Waals surface area contributed by atoms with E-state index in [0.29, 0.717) is 15.6 Å².